The molecule has 4 N–H and O–H groups in total. The summed E-state index contributed by atoms with van der Waals surface area (Å²) < 4.78 is 72.7. The SMILES string of the molecule is Nc1nc2cc(-c3ccc(Cl)c(C(=O)NCC(F)(F)[C@@H](O)c4cc(F)ccc4F)c3F)ccn2n1. The number of halogens is 6. The van der Waals surface area contributed by atoms with Crippen molar-refractivity contribution in [3.8, 4) is 11.1 Å². The lowest BCUT2D eigenvalue weighted by Gasteiger charge is -2.24. The molecule has 4 rings (SSSR count). The Labute approximate surface area is 199 Å². The molecular weight excluding hydrogens is 497 g/mol. The van der Waals surface area contributed by atoms with Crippen LogP contribution < -0.4 is 11.1 Å². The number of alkyl halides is 2. The van der Waals surface area contributed by atoms with Crippen molar-refractivity contribution < 1.29 is 31.9 Å². The molecule has 2 aromatic heterocycles. The number of nitrogens with zero attached hydrogens (tertiary/aromatic N) is 3. The van der Waals surface area contributed by atoms with Gasteiger partial charge in [0.15, 0.2) is 5.65 Å². The smallest absolute Gasteiger partial charge is 0.294 e. The Bertz CT molecular complexity index is 1450. The van der Waals surface area contributed by atoms with Crippen LogP contribution in [0.2, 0.25) is 5.02 Å². The average Bonchev–Trinajstić information content (AvgIpc) is 3.18. The number of nitrogens with two attached hydrogens (primary N) is 1. The Morgan fingerprint density at radius 1 is 1.17 bits per heavy atom. The van der Waals surface area contributed by atoms with E-state index in [1.165, 1.54) is 35.0 Å². The summed E-state index contributed by atoms with van der Waals surface area (Å²) in [5.41, 5.74) is 4.28. The molecule has 7 nitrogen and oxygen atoms in total. The minimum atomic E-state index is -4.14. The van der Waals surface area contributed by atoms with Crippen molar-refractivity contribution >= 4 is 29.1 Å². The standard InChI is InChI=1S/C22H15ClF5N5O2/c23-14-3-2-12(10-5-6-33-16(7-10)31-21(29)32-33)18(26)17(14)20(35)30-9-22(27,28)19(34)13-8-11(24)1-4-15(13)25/h1-8,19,34H,9H2,(H2,29,32)(H,30,35)/t19-/m0/s1. The number of rotatable bonds is 6. The summed E-state index contributed by atoms with van der Waals surface area (Å²) in [4.78, 5) is 16.5. The molecule has 0 saturated heterocycles. The van der Waals surface area contributed by atoms with Crippen LogP contribution in [-0.4, -0.2) is 38.1 Å². The number of carbonyl (C=O) groups excluding carboxylic acids is 1. The van der Waals surface area contributed by atoms with Gasteiger partial charge in [-0.1, -0.05) is 11.6 Å². The number of amides is 1. The number of aliphatic hydroxyl groups excluding tert-OH is 1. The first-order chi connectivity index (χ1) is 16.5. The quantitative estimate of drug-likeness (QED) is 0.337. The van der Waals surface area contributed by atoms with Crippen LogP contribution in [-0.2, 0) is 0 Å². The highest BCUT2D eigenvalue weighted by atomic mass is 35.5. The fourth-order valence-corrected chi connectivity index (χ4v) is 3.62. The van der Waals surface area contributed by atoms with E-state index in [-0.39, 0.29) is 22.1 Å². The molecule has 1 amide bonds. The normalized spacial score (nSPS) is 12.7. The van der Waals surface area contributed by atoms with E-state index in [2.05, 4.69) is 10.1 Å². The molecule has 0 unspecified atom stereocenters. The van der Waals surface area contributed by atoms with Gasteiger partial charge in [0.2, 0.25) is 5.95 Å². The minimum Gasteiger partial charge on any atom is -0.382 e. The fraction of sp³-hybridized carbons (Fsp3) is 0.136. The molecule has 0 fully saturated rings. The summed E-state index contributed by atoms with van der Waals surface area (Å²) >= 11 is 5.96. The first-order valence-corrected chi connectivity index (χ1v) is 10.2. The first-order valence-electron chi connectivity index (χ1n) is 9.87. The second kappa shape index (κ2) is 9.12. The van der Waals surface area contributed by atoms with Gasteiger partial charge in [0.25, 0.3) is 11.8 Å². The van der Waals surface area contributed by atoms with E-state index in [1.807, 2.05) is 0 Å². The van der Waals surface area contributed by atoms with E-state index in [1.54, 1.807) is 5.32 Å². The summed E-state index contributed by atoms with van der Waals surface area (Å²) in [6.07, 6.45) is -1.33. The van der Waals surface area contributed by atoms with Crippen LogP contribution in [0.5, 0.6) is 0 Å². The predicted molar refractivity (Wildman–Crippen MR) is 116 cm³/mol. The van der Waals surface area contributed by atoms with E-state index >= 15 is 4.39 Å². The van der Waals surface area contributed by atoms with Gasteiger partial charge in [-0.05, 0) is 48.0 Å². The number of aliphatic hydroxyl groups is 1. The summed E-state index contributed by atoms with van der Waals surface area (Å²) in [7, 11) is 0. The number of anilines is 1. The van der Waals surface area contributed by atoms with Crippen molar-refractivity contribution in [3.05, 3.63) is 82.3 Å². The third-order valence-corrected chi connectivity index (χ3v) is 5.44. The van der Waals surface area contributed by atoms with Crippen molar-refractivity contribution in [1.29, 1.82) is 0 Å². The zero-order chi connectivity index (χ0) is 25.5. The lowest BCUT2D eigenvalue weighted by molar-refractivity contribution is -0.107. The molecule has 35 heavy (non-hydrogen) atoms. The van der Waals surface area contributed by atoms with Crippen LogP contribution in [0.25, 0.3) is 16.8 Å². The van der Waals surface area contributed by atoms with Crippen LogP contribution in [0.3, 0.4) is 0 Å². The van der Waals surface area contributed by atoms with E-state index in [9.17, 15) is 27.5 Å². The summed E-state index contributed by atoms with van der Waals surface area (Å²) in [5.74, 6) is -8.87. The molecule has 13 heteroatoms. The molecule has 4 aromatic rings. The molecule has 0 bridgehead atoms. The molecule has 1 atom stereocenters. The Morgan fingerprint density at radius 2 is 1.91 bits per heavy atom. The highest BCUT2D eigenvalue weighted by Crippen LogP contribution is 2.34. The van der Waals surface area contributed by atoms with Gasteiger partial charge in [0, 0.05) is 17.3 Å². The lowest BCUT2D eigenvalue weighted by Crippen LogP contribution is -2.41. The number of pyridine rings is 1. The largest absolute Gasteiger partial charge is 0.382 e. The fourth-order valence-electron chi connectivity index (χ4n) is 3.38. The molecule has 0 aliphatic heterocycles. The molecule has 0 spiro atoms. The number of hydrogen-bond donors (Lipinski definition) is 3. The number of fused-ring (bicyclic) bond motifs is 1. The van der Waals surface area contributed by atoms with Gasteiger partial charge in [-0.3, -0.25) is 4.79 Å². The zero-order valence-corrected chi connectivity index (χ0v) is 18.2. The van der Waals surface area contributed by atoms with Gasteiger partial charge < -0.3 is 16.2 Å². The Kier molecular flexibility index (Phi) is 6.34. The summed E-state index contributed by atoms with van der Waals surface area (Å²) in [6.45, 7) is -1.52. The van der Waals surface area contributed by atoms with Gasteiger partial charge in [-0.2, -0.15) is 4.98 Å². The van der Waals surface area contributed by atoms with Crippen LogP contribution in [0.1, 0.15) is 22.0 Å². The Hall–Kier alpha value is -3.77. The monoisotopic (exact) mass is 511 g/mol. The summed E-state index contributed by atoms with van der Waals surface area (Å²) in [5, 5.41) is 15.2. The van der Waals surface area contributed by atoms with Crippen molar-refractivity contribution in [3.63, 3.8) is 0 Å². The molecule has 0 radical (unpaired) electrons. The molecule has 2 heterocycles. The highest BCUT2D eigenvalue weighted by molar-refractivity contribution is 6.34. The Morgan fingerprint density at radius 3 is 2.66 bits per heavy atom. The number of aromatic nitrogens is 3. The molecule has 0 aliphatic carbocycles. The van der Waals surface area contributed by atoms with E-state index in [4.69, 9.17) is 17.3 Å². The predicted octanol–water partition coefficient (Wildman–Crippen LogP) is 4.15. The van der Waals surface area contributed by atoms with Crippen LogP contribution in [0.4, 0.5) is 27.9 Å². The molecule has 0 saturated carbocycles. The van der Waals surface area contributed by atoms with Crippen molar-refractivity contribution in [2.24, 2.45) is 0 Å². The van der Waals surface area contributed by atoms with Gasteiger partial charge >= 0.3 is 0 Å². The second-order valence-corrected chi connectivity index (χ2v) is 7.89. The topological polar surface area (TPSA) is 106 Å². The second-order valence-electron chi connectivity index (χ2n) is 7.48. The van der Waals surface area contributed by atoms with Crippen LogP contribution in [0, 0.1) is 17.5 Å². The number of carbonyl (C=O) groups is 1. The molecule has 0 aliphatic rings. The van der Waals surface area contributed by atoms with Crippen molar-refractivity contribution in [2.45, 2.75) is 12.0 Å². The highest BCUT2D eigenvalue weighted by Gasteiger charge is 2.41. The van der Waals surface area contributed by atoms with Crippen LogP contribution >= 0.6 is 11.6 Å². The molecular formula is C22H15ClF5N5O2. The van der Waals surface area contributed by atoms with E-state index in [0.29, 0.717) is 23.8 Å². The minimum absolute atomic E-state index is 0.0139. The average molecular weight is 512 g/mol. The van der Waals surface area contributed by atoms with E-state index < -0.39 is 53.1 Å². The maximum Gasteiger partial charge on any atom is 0.294 e. The van der Waals surface area contributed by atoms with E-state index in [0.717, 1.165) is 0 Å². The number of nitrogen functional groups attached to an aromatic ring is 1. The van der Waals surface area contributed by atoms with Gasteiger partial charge in [0.05, 0.1) is 17.1 Å². The maximum atomic E-state index is 15.3. The van der Waals surface area contributed by atoms with Gasteiger partial charge in [-0.15, -0.1) is 5.10 Å². The third-order valence-electron chi connectivity index (χ3n) is 5.12. The zero-order valence-electron chi connectivity index (χ0n) is 17.4. The van der Waals surface area contributed by atoms with Gasteiger partial charge in [0.1, 0.15) is 23.6 Å². The Balaban J connectivity index is 1.59. The first kappa shape index (κ1) is 24.4. The number of hydrogen-bond acceptors (Lipinski definition) is 5. The molecule has 2 aromatic carbocycles. The van der Waals surface area contributed by atoms with Gasteiger partial charge in [-0.25, -0.2) is 26.5 Å². The number of nitrogens with one attached hydrogen (secondary N) is 1. The lowest BCUT2D eigenvalue weighted by atomic mass is 10.0. The number of benzene rings is 2. The third kappa shape index (κ3) is 4.75. The molecule has 182 valence electrons. The van der Waals surface area contributed by atoms with Crippen molar-refractivity contribution in [1.82, 2.24) is 19.9 Å². The van der Waals surface area contributed by atoms with Crippen molar-refractivity contribution in [2.75, 3.05) is 12.3 Å². The summed E-state index contributed by atoms with van der Waals surface area (Å²) in [6, 6.07) is 7.07. The van der Waals surface area contributed by atoms with Crippen LogP contribution in [0.15, 0.2) is 48.7 Å². The maximum absolute atomic E-state index is 15.3.